The number of aliphatic hydroxyl groups is 1. The Morgan fingerprint density at radius 1 is 1.44 bits per heavy atom. The van der Waals surface area contributed by atoms with E-state index in [0.717, 1.165) is 12.8 Å². The topological polar surface area (TPSA) is 104 Å². The number of carboxylic acid groups (broad SMARTS) is 1. The largest absolute Gasteiger partial charge is 0.481 e. The summed E-state index contributed by atoms with van der Waals surface area (Å²) in [6, 6.07) is -0.999. The number of aliphatic carboxylic acids is 1. The molecule has 1 amide bonds. The molecule has 0 aromatic heterocycles. The van der Waals surface area contributed by atoms with Crippen LogP contribution in [0.5, 0.6) is 0 Å². The molecule has 1 saturated heterocycles. The van der Waals surface area contributed by atoms with Crippen molar-refractivity contribution >= 4 is 11.9 Å². The lowest BCUT2D eigenvalue weighted by atomic mass is 9.88. The highest BCUT2D eigenvalue weighted by molar-refractivity contribution is 5.86. The fourth-order valence-electron chi connectivity index (χ4n) is 2.16. The summed E-state index contributed by atoms with van der Waals surface area (Å²) in [4.78, 5) is 23.4. The van der Waals surface area contributed by atoms with E-state index in [-0.39, 0.29) is 12.3 Å². The van der Waals surface area contributed by atoms with Gasteiger partial charge in [0, 0.05) is 0 Å². The van der Waals surface area contributed by atoms with Crippen LogP contribution in [0.4, 0.5) is 0 Å². The van der Waals surface area contributed by atoms with Gasteiger partial charge in [-0.15, -0.1) is 0 Å². The molecule has 2 fully saturated rings. The van der Waals surface area contributed by atoms with Crippen molar-refractivity contribution in [3.63, 3.8) is 0 Å². The number of likely N-dealkylation sites (tertiary alicyclic amines) is 1. The zero-order valence-electron chi connectivity index (χ0n) is 8.93. The molecule has 0 spiro atoms. The second-order valence-electron chi connectivity index (χ2n) is 4.78. The van der Waals surface area contributed by atoms with E-state index in [1.807, 2.05) is 0 Å². The monoisotopic (exact) mass is 228 g/mol. The predicted molar refractivity (Wildman–Crippen MR) is 54.5 cm³/mol. The Hall–Kier alpha value is -1.14. The molecule has 0 aromatic rings. The van der Waals surface area contributed by atoms with E-state index in [0.29, 0.717) is 19.0 Å². The minimum absolute atomic E-state index is 0.295. The second-order valence-corrected chi connectivity index (χ2v) is 4.78. The number of nitrogens with two attached hydrogens (primary N) is 1. The van der Waals surface area contributed by atoms with Gasteiger partial charge in [0.2, 0.25) is 5.91 Å². The molecule has 1 aliphatic carbocycles. The maximum absolute atomic E-state index is 11.6. The van der Waals surface area contributed by atoms with E-state index in [2.05, 4.69) is 0 Å². The van der Waals surface area contributed by atoms with Crippen LogP contribution in [0.1, 0.15) is 19.3 Å². The van der Waals surface area contributed by atoms with Crippen molar-refractivity contribution in [2.24, 2.45) is 11.7 Å². The van der Waals surface area contributed by atoms with Crippen molar-refractivity contribution in [1.29, 1.82) is 0 Å². The van der Waals surface area contributed by atoms with E-state index in [4.69, 9.17) is 10.8 Å². The minimum Gasteiger partial charge on any atom is -0.481 e. The SMILES string of the molecule is NC(CC(=O)O)C(=O)N1CC(O)(C2CC2)C1. The number of carbonyl (C=O) groups is 2. The van der Waals surface area contributed by atoms with Crippen molar-refractivity contribution < 1.29 is 19.8 Å². The zero-order valence-corrected chi connectivity index (χ0v) is 8.93. The van der Waals surface area contributed by atoms with Crippen LogP contribution < -0.4 is 5.73 Å². The first kappa shape index (κ1) is 11.3. The van der Waals surface area contributed by atoms with Gasteiger partial charge >= 0.3 is 5.97 Å². The molecule has 1 saturated carbocycles. The molecule has 1 unspecified atom stereocenters. The number of carbonyl (C=O) groups excluding carboxylic acids is 1. The zero-order chi connectivity index (χ0) is 11.9. The van der Waals surface area contributed by atoms with E-state index in [1.54, 1.807) is 0 Å². The van der Waals surface area contributed by atoms with Crippen LogP contribution in [-0.4, -0.2) is 51.7 Å². The highest BCUT2D eigenvalue weighted by atomic mass is 16.4. The maximum atomic E-state index is 11.6. The van der Waals surface area contributed by atoms with Crippen molar-refractivity contribution in [3.8, 4) is 0 Å². The van der Waals surface area contributed by atoms with Crippen LogP contribution in [0, 0.1) is 5.92 Å². The summed E-state index contributed by atoms with van der Waals surface area (Å²) in [5, 5.41) is 18.5. The van der Waals surface area contributed by atoms with Gasteiger partial charge in [-0.3, -0.25) is 9.59 Å². The summed E-state index contributed by atoms with van der Waals surface area (Å²) < 4.78 is 0. The molecule has 0 bridgehead atoms. The summed E-state index contributed by atoms with van der Waals surface area (Å²) in [5.74, 6) is -1.15. The molecule has 1 heterocycles. The molecule has 1 aliphatic heterocycles. The quantitative estimate of drug-likeness (QED) is 0.559. The predicted octanol–water partition coefficient (Wildman–Crippen LogP) is -1.23. The number of β-amino-alcohol motifs (C(OH)–C–C–N with tert-alkyl or cyclic N) is 1. The molecule has 2 aliphatic rings. The van der Waals surface area contributed by atoms with Crippen LogP contribution in [0.25, 0.3) is 0 Å². The number of hydrogen-bond donors (Lipinski definition) is 3. The van der Waals surface area contributed by atoms with Crippen LogP contribution in [0.15, 0.2) is 0 Å². The third-order valence-electron chi connectivity index (χ3n) is 3.29. The first-order valence-electron chi connectivity index (χ1n) is 5.41. The molecule has 1 atom stereocenters. The summed E-state index contributed by atoms with van der Waals surface area (Å²) >= 11 is 0. The number of amides is 1. The highest BCUT2D eigenvalue weighted by Gasteiger charge is 2.53. The number of carboxylic acids is 1. The summed E-state index contributed by atoms with van der Waals surface area (Å²) in [6.45, 7) is 0.591. The Kier molecular flexibility index (Phi) is 2.63. The lowest BCUT2D eigenvalue weighted by Crippen LogP contribution is -2.67. The average Bonchev–Trinajstić information content (AvgIpc) is 2.93. The smallest absolute Gasteiger partial charge is 0.305 e. The number of nitrogens with zero attached hydrogens (tertiary/aromatic N) is 1. The van der Waals surface area contributed by atoms with Gasteiger partial charge in [0.1, 0.15) is 5.60 Å². The van der Waals surface area contributed by atoms with E-state index < -0.39 is 17.6 Å². The molecule has 6 heteroatoms. The van der Waals surface area contributed by atoms with Crippen LogP contribution in [-0.2, 0) is 9.59 Å². The lowest BCUT2D eigenvalue weighted by molar-refractivity contribution is -0.162. The Labute approximate surface area is 93.0 Å². The minimum atomic E-state index is -1.08. The van der Waals surface area contributed by atoms with Crippen LogP contribution in [0.2, 0.25) is 0 Å². The molecule has 0 aromatic carbocycles. The number of rotatable bonds is 4. The van der Waals surface area contributed by atoms with Gasteiger partial charge in [-0.1, -0.05) is 0 Å². The Morgan fingerprint density at radius 2 is 2.00 bits per heavy atom. The van der Waals surface area contributed by atoms with Gasteiger partial charge in [-0.2, -0.15) is 0 Å². The van der Waals surface area contributed by atoms with Gasteiger partial charge in [-0.25, -0.2) is 0 Å². The third kappa shape index (κ3) is 2.03. The third-order valence-corrected chi connectivity index (χ3v) is 3.29. The Balaban J connectivity index is 1.82. The highest BCUT2D eigenvalue weighted by Crippen LogP contribution is 2.44. The molecule has 4 N–H and O–H groups in total. The molecule has 2 rings (SSSR count). The lowest BCUT2D eigenvalue weighted by Gasteiger charge is -2.47. The second kappa shape index (κ2) is 3.71. The maximum Gasteiger partial charge on any atom is 0.305 e. The van der Waals surface area contributed by atoms with Crippen LogP contribution in [0.3, 0.4) is 0 Å². The summed E-state index contributed by atoms with van der Waals surface area (Å²) in [6.07, 6.45) is 1.66. The first-order valence-corrected chi connectivity index (χ1v) is 5.41. The average molecular weight is 228 g/mol. The van der Waals surface area contributed by atoms with Crippen molar-refractivity contribution in [2.45, 2.75) is 30.9 Å². The molecule has 0 radical (unpaired) electrons. The number of hydrogen-bond acceptors (Lipinski definition) is 4. The van der Waals surface area contributed by atoms with Gasteiger partial charge < -0.3 is 20.8 Å². The first-order chi connectivity index (χ1) is 7.42. The van der Waals surface area contributed by atoms with Gasteiger partial charge in [0.15, 0.2) is 0 Å². The molecule has 6 nitrogen and oxygen atoms in total. The van der Waals surface area contributed by atoms with E-state index >= 15 is 0 Å². The summed E-state index contributed by atoms with van der Waals surface area (Å²) in [7, 11) is 0. The van der Waals surface area contributed by atoms with Crippen LogP contribution >= 0.6 is 0 Å². The van der Waals surface area contributed by atoms with Crippen molar-refractivity contribution in [3.05, 3.63) is 0 Å². The fourth-order valence-corrected chi connectivity index (χ4v) is 2.16. The molecular formula is C10H16N2O4. The van der Waals surface area contributed by atoms with Crippen molar-refractivity contribution in [2.75, 3.05) is 13.1 Å². The van der Waals surface area contributed by atoms with Crippen molar-refractivity contribution in [1.82, 2.24) is 4.90 Å². The van der Waals surface area contributed by atoms with Gasteiger partial charge in [0.05, 0.1) is 25.6 Å². The van der Waals surface area contributed by atoms with Gasteiger partial charge in [0.25, 0.3) is 0 Å². The van der Waals surface area contributed by atoms with E-state index in [9.17, 15) is 14.7 Å². The van der Waals surface area contributed by atoms with E-state index in [1.165, 1.54) is 4.90 Å². The Morgan fingerprint density at radius 3 is 2.44 bits per heavy atom. The molecular weight excluding hydrogens is 212 g/mol. The normalized spacial score (nSPS) is 24.8. The fraction of sp³-hybridized carbons (Fsp3) is 0.800. The standard InChI is InChI=1S/C10H16N2O4/c11-7(3-8(13)14)9(15)12-4-10(16,5-12)6-1-2-6/h6-7,16H,1-5,11H2,(H,13,14). The molecule has 90 valence electrons. The van der Waals surface area contributed by atoms with Gasteiger partial charge in [-0.05, 0) is 18.8 Å². The Bertz CT molecular complexity index is 321. The molecule has 16 heavy (non-hydrogen) atoms. The summed E-state index contributed by atoms with van der Waals surface area (Å²) in [5.41, 5.74) is 4.72.